The molecule has 2 N–H and O–H groups in total. The van der Waals surface area contributed by atoms with E-state index in [9.17, 15) is 18.3 Å². The van der Waals surface area contributed by atoms with Gasteiger partial charge in [0.1, 0.15) is 11.3 Å². The van der Waals surface area contributed by atoms with Gasteiger partial charge in [0.2, 0.25) is 0 Å². The molecule has 0 fully saturated rings. The second-order valence-corrected chi connectivity index (χ2v) is 7.15. The summed E-state index contributed by atoms with van der Waals surface area (Å²) in [4.78, 5) is 11.2. The van der Waals surface area contributed by atoms with Crippen molar-refractivity contribution in [2.45, 2.75) is 18.7 Å². The summed E-state index contributed by atoms with van der Waals surface area (Å²) >= 11 is 0. The number of benzene rings is 2. The van der Waals surface area contributed by atoms with E-state index < -0.39 is 15.6 Å². The van der Waals surface area contributed by atoms with Crippen molar-refractivity contribution < 1.29 is 17.9 Å². The van der Waals surface area contributed by atoms with E-state index in [-0.39, 0.29) is 10.6 Å². The van der Waals surface area contributed by atoms with Gasteiger partial charge in [-0.1, -0.05) is 6.07 Å². The Labute approximate surface area is 138 Å². The molecule has 0 unspecified atom stereocenters. The minimum atomic E-state index is -3.85. The average Bonchev–Trinajstić information content (AvgIpc) is 2.55. The fourth-order valence-corrected chi connectivity index (χ4v) is 3.52. The van der Waals surface area contributed by atoms with Crippen LogP contribution in [0.2, 0.25) is 0 Å². The maximum atomic E-state index is 12.6. The molecule has 0 saturated heterocycles. The predicted octanol–water partition coefficient (Wildman–Crippen LogP) is 2.92. The molecule has 0 aliphatic rings. The van der Waals surface area contributed by atoms with Gasteiger partial charge in [-0.25, -0.2) is 13.2 Å². The highest BCUT2D eigenvalue weighted by Gasteiger charge is 2.17. The molecule has 0 bridgehead atoms. The molecule has 24 heavy (non-hydrogen) atoms. The Balaban J connectivity index is 2.03. The Morgan fingerprint density at radius 3 is 2.54 bits per heavy atom. The van der Waals surface area contributed by atoms with Crippen molar-refractivity contribution >= 4 is 26.7 Å². The van der Waals surface area contributed by atoms with E-state index in [0.717, 1.165) is 0 Å². The highest BCUT2D eigenvalue weighted by Crippen LogP contribution is 2.30. The Hall–Kier alpha value is -2.80. The number of fused-ring (bicyclic) bond motifs is 1. The monoisotopic (exact) mass is 345 g/mol. The van der Waals surface area contributed by atoms with Gasteiger partial charge in [0.25, 0.3) is 10.0 Å². The lowest BCUT2D eigenvalue weighted by atomic mass is 10.1. The van der Waals surface area contributed by atoms with E-state index in [1.165, 1.54) is 30.3 Å². The lowest BCUT2D eigenvalue weighted by Gasteiger charge is -2.13. The van der Waals surface area contributed by atoms with Gasteiger partial charge in [0, 0.05) is 17.0 Å². The molecule has 0 radical (unpaired) electrons. The average molecular weight is 345 g/mol. The molecule has 124 valence electrons. The van der Waals surface area contributed by atoms with Crippen LogP contribution in [0.15, 0.2) is 56.6 Å². The number of anilines is 1. The van der Waals surface area contributed by atoms with Crippen LogP contribution in [-0.2, 0) is 10.0 Å². The summed E-state index contributed by atoms with van der Waals surface area (Å²) in [5, 5.41) is 10.4. The molecule has 0 atom stereocenters. The topological polar surface area (TPSA) is 96.6 Å². The summed E-state index contributed by atoms with van der Waals surface area (Å²) in [6.07, 6.45) is 0. The second kappa shape index (κ2) is 5.68. The van der Waals surface area contributed by atoms with Crippen molar-refractivity contribution in [2.75, 3.05) is 4.72 Å². The summed E-state index contributed by atoms with van der Waals surface area (Å²) in [5.74, 6) is 0.0514. The fraction of sp³-hybridized carbons (Fsp3) is 0.118. The van der Waals surface area contributed by atoms with E-state index in [1.807, 2.05) is 0 Å². The third-order valence-electron chi connectivity index (χ3n) is 3.78. The summed E-state index contributed by atoms with van der Waals surface area (Å²) in [7, 11) is -3.85. The molecule has 6 nitrogen and oxygen atoms in total. The molecule has 0 aliphatic carbocycles. The van der Waals surface area contributed by atoms with Gasteiger partial charge in [-0.15, -0.1) is 0 Å². The molecule has 3 rings (SSSR count). The first-order valence-corrected chi connectivity index (χ1v) is 8.62. The van der Waals surface area contributed by atoms with Crippen LogP contribution in [-0.4, -0.2) is 13.5 Å². The quantitative estimate of drug-likeness (QED) is 0.712. The lowest BCUT2D eigenvalue weighted by molar-refractivity contribution is 0.467. The Morgan fingerprint density at radius 2 is 1.79 bits per heavy atom. The minimum absolute atomic E-state index is 0.0308. The van der Waals surface area contributed by atoms with Crippen molar-refractivity contribution in [3.8, 4) is 5.75 Å². The highest BCUT2D eigenvalue weighted by atomic mass is 32.2. The molecular weight excluding hydrogens is 330 g/mol. The lowest BCUT2D eigenvalue weighted by Crippen LogP contribution is -2.14. The van der Waals surface area contributed by atoms with Gasteiger partial charge in [-0.2, -0.15) is 0 Å². The Bertz CT molecular complexity index is 1100. The van der Waals surface area contributed by atoms with E-state index >= 15 is 0 Å². The number of aromatic hydroxyl groups is 1. The van der Waals surface area contributed by atoms with Gasteiger partial charge in [0.15, 0.2) is 0 Å². The first-order valence-electron chi connectivity index (χ1n) is 7.14. The van der Waals surface area contributed by atoms with Gasteiger partial charge in [-0.05, 0) is 49.7 Å². The van der Waals surface area contributed by atoms with Crippen LogP contribution in [0.1, 0.15) is 11.1 Å². The number of sulfonamides is 1. The van der Waals surface area contributed by atoms with E-state index in [1.54, 1.807) is 26.0 Å². The number of aryl methyl sites for hydroxylation is 1. The first kappa shape index (κ1) is 16.1. The summed E-state index contributed by atoms with van der Waals surface area (Å²) in [6.45, 7) is 3.37. The molecule has 0 amide bonds. The summed E-state index contributed by atoms with van der Waals surface area (Å²) in [5.41, 5.74) is 1.23. The number of hydrogen-bond donors (Lipinski definition) is 2. The van der Waals surface area contributed by atoms with Crippen LogP contribution in [0, 0.1) is 13.8 Å². The van der Waals surface area contributed by atoms with Crippen molar-refractivity contribution in [2.24, 2.45) is 0 Å². The summed E-state index contributed by atoms with van der Waals surface area (Å²) in [6, 6.07) is 10.2. The van der Waals surface area contributed by atoms with Gasteiger partial charge >= 0.3 is 5.63 Å². The van der Waals surface area contributed by atoms with E-state index in [4.69, 9.17) is 4.42 Å². The fourth-order valence-electron chi connectivity index (χ4n) is 2.37. The van der Waals surface area contributed by atoms with Crippen LogP contribution in [0.4, 0.5) is 5.69 Å². The molecule has 2 aromatic carbocycles. The number of nitrogens with one attached hydrogen (secondary N) is 1. The van der Waals surface area contributed by atoms with Crippen molar-refractivity contribution in [1.29, 1.82) is 0 Å². The largest absolute Gasteiger partial charge is 0.507 e. The molecular formula is C17H15NO5S. The number of phenols is 1. The van der Waals surface area contributed by atoms with Crippen molar-refractivity contribution in [3.05, 3.63) is 64.0 Å². The van der Waals surface area contributed by atoms with Crippen LogP contribution in [0.5, 0.6) is 5.75 Å². The van der Waals surface area contributed by atoms with Gasteiger partial charge in [-0.3, -0.25) is 4.72 Å². The summed E-state index contributed by atoms with van der Waals surface area (Å²) < 4.78 is 32.6. The van der Waals surface area contributed by atoms with Crippen LogP contribution in [0.25, 0.3) is 11.0 Å². The third kappa shape index (κ3) is 2.85. The predicted molar refractivity (Wildman–Crippen MR) is 90.9 cm³/mol. The van der Waals surface area contributed by atoms with Gasteiger partial charge < -0.3 is 9.52 Å². The Kier molecular flexibility index (Phi) is 3.81. The molecule has 7 heteroatoms. The van der Waals surface area contributed by atoms with E-state index in [2.05, 4.69) is 4.72 Å². The first-order chi connectivity index (χ1) is 11.3. The van der Waals surface area contributed by atoms with Crippen molar-refractivity contribution in [1.82, 2.24) is 0 Å². The maximum Gasteiger partial charge on any atom is 0.336 e. The van der Waals surface area contributed by atoms with Crippen molar-refractivity contribution in [3.63, 3.8) is 0 Å². The standard InChI is InChI=1S/C17H15NO5S/c1-10-3-6-14(11(2)17(10)20)18-24(21,22)13-5-7-15-12(9-13)4-8-16(19)23-15/h3-9,18,20H,1-2H3. The highest BCUT2D eigenvalue weighted by molar-refractivity contribution is 7.92. The second-order valence-electron chi connectivity index (χ2n) is 5.46. The smallest absolute Gasteiger partial charge is 0.336 e. The number of hydrogen-bond acceptors (Lipinski definition) is 5. The number of phenolic OH excluding ortho intramolecular Hbond substituents is 1. The zero-order valence-electron chi connectivity index (χ0n) is 13.0. The van der Waals surface area contributed by atoms with Gasteiger partial charge in [0.05, 0.1) is 10.6 Å². The minimum Gasteiger partial charge on any atom is -0.507 e. The molecule has 1 heterocycles. The van der Waals surface area contributed by atoms with Crippen LogP contribution >= 0.6 is 0 Å². The van der Waals surface area contributed by atoms with E-state index in [0.29, 0.717) is 27.8 Å². The van der Waals surface area contributed by atoms with Crippen LogP contribution in [0.3, 0.4) is 0 Å². The molecule has 1 aromatic heterocycles. The zero-order valence-corrected chi connectivity index (χ0v) is 13.8. The zero-order chi connectivity index (χ0) is 17.5. The molecule has 0 spiro atoms. The Morgan fingerprint density at radius 1 is 1.04 bits per heavy atom. The molecule has 3 aromatic rings. The van der Waals surface area contributed by atoms with Crippen LogP contribution < -0.4 is 10.3 Å². The maximum absolute atomic E-state index is 12.6. The number of rotatable bonds is 3. The molecule has 0 aliphatic heterocycles. The normalized spacial score (nSPS) is 11.6. The SMILES string of the molecule is Cc1ccc(NS(=O)(=O)c2ccc3oc(=O)ccc3c2)c(C)c1O. The third-order valence-corrected chi connectivity index (χ3v) is 5.14. The molecule has 0 saturated carbocycles.